The van der Waals surface area contributed by atoms with E-state index < -0.39 is 0 Å². The van der Waals surface area contributed by atoms with Gasteiger partial charge in [0.1, 0.15) is 6.07 Å². The number of hydrogen-bond acceptors (Lipinski definition) is 3. The molecule has 0 aliphatic rings. The van der Waals surface area contributed by atoms with Gasteiger partial charge in [0.2, 0.25) is 0 Å². The number of nitrogens with one attached hydrogen (secondary N) is 1. The number of benzene rings is 1. The topological polar surface area (TPSA) is 48.7 Å². The number of nitriles is 1. The van der Waals surface area contributed by atoms with Crippen LogP contribution in [-0.4, -0.2) is 12.0 Å². The highest BCUT2D eigenvalue weighted by Gasteiger charge is 1.98. The molecular weight excluding hydrogens is 210 g/mol. The molecule has 2 aromatic rings. The van der Waals surface area contributed by atoms with Crippen LogP contribution in [0.4, 0.5) is 5.69 Å². The number of anilines is 1. The molecule has 84 valence electrons. The van der Waals surface area contributed by atoms with Crippen LogP contribution in [0.3, 0.4) is 0 Å². The Labute approximate surface area is 101 Å². The van der Waals surface area contributed by atoms with Gasteiger partial charge in [0.05, 0.1) is 5.56 Å². The minimum Gasteiger partial charge on any atom is -0.388 e. The predicted molar refractivity (Wildman–Crippen MR) is 67.7 cm³/mol. The Bertz CT molecular complexity index is 521. The molecule has 0 fully saturated rings. The van der Waals surface area contributed by atoms with Crippen molar-refractivity contribution < 1.29 is 0 Å². The largest absolute Gasteiger partial charge is 0.388 e. The molecule has 0 atom stereocenters. The summed E-state index contributed by atoms with van der Waals surface area (Å²) in [6.45, 7) is 0. The molecule has 1 heterocycles. The smallest absolute Gasteiger partial charge is 0.101 e. The molecular formula is C14H13N3. The van der Waals surface area contributed by atoms with Crippen molar-refractivity contribution in [3.05, 3.63) is 59.4 Å². The van der Waals surface area contributed by atoms with Crippen LogP contribution in [0.15, 0.2) is 42.6 Å². The summed E-state index contributed by atoms with van der Waals surface area (Å²) in [7, 11) is 1.90. The molecule has 3 nitrogen and oxygen atoms in total. The van der Waals surface area contributed by atoms with E-state index in [1.807, 2.05) is 25.2 Å². The quantitative estimate of drug-likeness (QED) is 0.870. The lowest BCUT2D eigenvalue weighted by Gasteiger charge is -2.03. The van der Waals surface area contributed by atoms with Crippen molar-refractivity contribution in [1.82, 2.24) is 4.98 Å². The van der Waals surface area contributed by atoms with Crippen molar-refractivity contribution in [2.45, 2.75) is 6.42 Å². The van der Waals surface area contributed by atoms with E-state index in [0.717, 1.165) is 17.8 Å². The van der Waals surface area contributed by atoms with Crippen molar-refractivity contribution >= 4 is 5.69 Å². The molecule has 1 aromatic heterocycles. The van der Waals surface area contributed by atoms with Crippen molar-refractivity contribution in [1.29, 1.82) is 5.26 Å². The molecule has 0 saturated heterocycles. The minimum atomic E-state index is 0.597. The third kappa shape index (κ3) is 2.82. The maximum Gasteiger partial charge on any atom is 0.101 e. The molecule has 2 rings (SSSR count). The monoisotopic (exact) mass is 223 g/mol. The predicted octanol–water partition coefficient (Wildman–Crippen LogP) is 2.59. The summed E-state index contributed by atoms with van der Waals surface area (Å²) in [6, 6.07) is 14.0. The average molecular weight is 223 g/mol. The van der Waals surface area contributed by atoms with Crippen LogP contribution in [0, 0.1) is 11.3 Å². The lowest BCUT2D eigenvalue weighted by molar-refractivity contribution is 1.07. The maximum absolute atomic E-state index is 8.68. The lowest BCUT2D eigenvalue weighted by Crippen LogP contribution is -1.93. The van der Waals surface area contributed by atoms with E-state index >= 15 is 0 Å². The maximum atomic E-state index is 8.68. The fourth-order valence-electron chi connectivity index (χ4n) is 1.59. The summed E-state index contributed by atoms with van der Waals surface area (Å²) in [4.78, 5) is 4.25. The van der Waals surface area contributed by atoms with Gasteiger partial charge in [-0.1, -0.05) is 12.1 Å². The highest BCUT2D eigenvalue weighted by atomic mass is 14.8. The summed E-state index contributed by atoms with van der Waals surface area (Å²) < 4.78 is 0. The molecule has 1 aromatic carbocycles. The van der Waals surface area contributed by atoms with Gasteiger partial charge in [-0.15, -0.1) is 0 Å². The van der Waals surface area contributed by atoms with Crippen LogP contribution < -0.4 is 5.32 Å². The zero-order chi connectivity index (χ0) is 12.1. The Hall–Kier alpha value is -2.34. The fraction of sp³-hybridized carbons (Fsp3) is 0.143. The molecule has 0 bridgehead atoms. The lowest BCUT2D eigenvalue weighted by atomic mass is 10.1. The molecule has 0 spiro atoms. The van der Waals surface area contributed by atoms with Crippen LogP contribution in [0.5, 0.6) is 0 Å². The van der Waals surface area contributed by atoms with Crippen molar-refractivity contribution in [2.24, 2.45) is 0 Å². The van der Waals surface area contributed by atoms with E-state index in [1.54, 1.807) is 12.3 Å². The molecule has 0 radical (unpaired) electrons. The van der Waals surface area contributed by atoms with E-state index in [4.69, 9.17) is 5.26 Å². The molecule has 1 N–H and O–H groups in total. The van der Waals surface area contributed by atoms with Crippen LogP contribution >= 0.6 is 0 Å². The summed E-state index contributed by atoms with van der Waals surface area (Å²) >= 11 is 0. The highest BCUT2D eigenvalue weighted by Crippen LogP contribution is 2.12. The minimum absolute atomic E-state index is 0.597. The van der Waals surface area contributed by atoms with Gasteiger partial charge < -0.3 is 5.32 Å². The Morgan fingerprint density at radius 2 is 1.94 bits per heavy atom. The molecule has 3 heteroatoms. The van der Waals surface area contributed by atoms with E-state index in [2.05, 4.69) is 28.5 Å². The Balaban J connectivity index is 2.11. The Kier molecular flexibility index (Phi) is 3.37. The first kappa shape index (κ1) is 11.2. The second kappa shape index (κ2) is 5.13. The second-order valence-corrected chi connectivity index (χ2v) is 3.77. The molecule has 0 amide bonds. The number of nitrogens with zero attached hydrogens (tertiary/aromatic N) is 2. The van der Waals surface area contributed by atoms with Crippen molar-refractivity contribution in [3.63, 3.8) is 0 Å². The Morgan fingerprint density at radius 3 is 2.47 bits per heavy atom. The molecule has 0 aliphatic heterocycles. The fourth-order valence-corrected chi connectivity index (χ4v) is 1.59. The Morgan fingerprint density at radius 1 is 1.18 bits per heavy atom. The summed E-state index contributed by atoms with van der Waals surface area (Å²) in [5.41, 5.74) is 3.88. The third-order valence-electron chi connectivity index (χ3n) is 2.58. The van der Waals surface area contributed by atoms with Gasteiger partial charge in [0, 0.05) is 31.0 Å². The van der Waals surface area contributed by atoms with Gasteiger partial charge in [-0.3, -0.25) is 4.98 Å². The van der Waals surface area contributed by atoms with Crippen LogP contribution in [0.2, 0.25) is 0 Å². The second-order valence-electron chi connectivity index (χ2n) is 3.77. The van der Waals surface area contributed by atoms with E-state index in [1.165, 1.54) is 5.56 Å². The summed E-state index contributed by atoms with van der Waals surface area (Å²) in [6.07, 6.45) is 2.40. The van der Waals surface area contributed by atoms with Crippen molar-refractivity contribution in [3.8, 4) is 6.07 Å². The highest BCUT2D eigenvalue weighted by molar-refractivity contribution is 5.44. The van der Waals surface area contributed by atoms with Crippen molar-refractivity contribution in [2.75, 3.05) is 12.4 Å². The first-order chi connectivity index (χ1) is 8.31. The van der Waals surface area contributed by atoms with Gasteiger partial charge >= 0.3 is 0 Å². The van der Waals surface area contributed by atoms with Gasteiger partial charge in [-0.05, 0) is 29.8 Å². The normalized spacial score (nSPS) is 9.65. The first-order valence-corrected chi connectivity index (χ1v) is 5.43. The molecule has 17 heavy (non-hydrogen) atoms. The van der Waals surface area contributed by atoms with Gasteiger partial charge in [-0.25, -0.2) is 0 Å². The van der Waals surface area contributed by atoms with Crippen LogP contribution in [-0.2, 0) is 6.42 Å². The first-order valence-electron chi connectivity index (χ1n) is 5.43. The third-order valence-corrected chi connectivity index (χ3v) is 2.58. The van der Waals surface area contributed by atoms with E-state index in [0.29, 0.717) is 5.56 Å². The van der Waals surface area contributed by atoms with E-state index in [-0.39, 0.29) is 0 Å². The standard InChI is InChI=1S/C14H13N3/c1-16-13-5-2-11(3-6-13)8-14-7-4-12(9-15)10-17-14/h2-7,10,16H,8H2,1H3. The molecule has 0 aliphatic carbocycles. The van der Waals surface area contributed by atoms with Crippen LogP contribution in [0.25, 0.3) is 0 Å². The number of aromatic nitrogens is 1. The zero-order valence-electron chi connectivity index (χ0n) is 9.64. The molecule has 0 unspecified atom stereocenters. The average Bonchev–Trinajstić information content (AvgIpc) is 2.40. The SMILES string of the molecule is CNc1ccc(Cc2ccc(C#N)cn2)cc1. The van der Waals surface area contributed by atoms with Gasteiger partial charge in [-0.2, -0.15) is 5.26 Å². The van der Waals surface area contributed by atoms with E-state index in [9.17, 15) is 0 Å². The number of rotatable bonds is 3. The summed E-state index contributed by atoms with van der Waals surface area (Å²) in [5, 5.41) is 11.8. The van der Waals surface area contributed by atoms with Crippen LogP contribution in [0.1, 0.15) is 16.8 Å². The number of pyridine rings is 1. The molecule has 0 saturated carbocycles. The number of hydrogen-bond donors (Lipinski definition) is 1. The summed E-state index contributed by atoms with van der Waals surface area (Å²) in [5.74, 6) is 0. The zero-order valence-corrected chi connectivity index (χ0v) is 9.64. The van der Waals surface area contributed by atoms with Gasteiger partial charge in [0.15, 0.2) is 0 Å². The van der Waals surface area contributed by atoms with Gasteiger partial charge in [0.25, 0.3) is 0 Å².